The molecule has 130 valence electrons. The fourth-order valence-electron chi connectivity index (χ4n) is 1.92. The third-order valence-corrected chi connectivity index (χ3v) is 4.52. The van der Waals surface area contributed by atoms with E-state index in [4.69, 9.17) is 4.42 Å². The molecule has 0 bridgehead atoms. The summed E-state index contributed by atoms with van der Waals surface area (Å²) in [5.74, 6) is -1.57. The third-order valence-electron chi connectivity index (χ3n) is 3.11. The summed E-state index contributed by atoms with van der Waals surface area (Å²) >= 11 is 0. The molecule has 0 spiro atoms. The lowest BCUT2D eigenvalue weighted by molar-refractivity contribution is 0.495. The molecule has 0 saturated carbocycles. The van der Waals surface area contributed by atoms with Crippen LogP contribution >= 0.6 is 0 Å². The van der Waals surface area contributed by atoms with Gasteiger partial charge in [-0.05, 0) is 24.3 Å². The summed E-state index contributed by atoms with van der Waals surface area (Å²) < 4.78 is 58.1. The van der Waals surface area contributed by atoms with E-state index in [0.29, 0.717) is 6.07 Å². The first-order valence-electron chi connectivity index (χ1n) is 7.03. The molecule has 0 saturated heterocycles. The van der Waals surface area contributed by atoms with Gasteiger partial charge in [0, 0.05) is 6.07 Å². The molecule has 1 heterocycles. The lowest BCUT2D eigenvalue weighted by Gasteiger charge is -2.04. The van der Waals surface area contributed by atoms with E-state index >= 15 is 0 Å². The fourth-order valence-corrected chi connectivity index (χ4v) is 2.92. The summed E-state index contributed by atoms with van der Waals surface area (Å²) in [6.07, 6.45) is 0. The first kappa shape index (κ1) is 17.0. The highest BCUT2D eigenvalue weighted by atomic mass is 32.2. The highest BCUT2D eigenvalue weighted by Crippen LogP contribution is 2.20. The van der Waals surface area contributed by atoms with Crippen molar-refractivity contribution in [1.29, 1.82) is 0 Å². The first-order chi connectivity index (χ1) is 11.9. The average Bonchev–Trinajstić information content (AvgIpc) is 3.04. The first-order valence-corrected chi connectivity index (χ1v) is 8.51. The van der Waals surface area contributed by atoms with E-state index in [1.807, 2.05) is 0 Å². The summed E-state index contributed by atoms with van der Waals surface area (Å²) in [7, 11) is -3.72. The second-order valence-corrected chi connectivity index (χ2v) is 6.65. The van der Waals surface area contributed by atoms with Crippen molar-refractivity contribution in [3.63, 3.8) is 0 Å². The van der Waals surface area contributed by atoms with Crippen LogP contribution in [0.4, 0.5) is 20.5 Å². The number of nitrogens with zero attached hydrogens (tertiary/aromatic N) is 2. The Balaban J connectivity index is 1.66. The number of sulfonamides is 1. The molecule has 0 aliphatic rings. The van der Waals surface area contributed by atoms with E-state index in [2.05, 4.69) is 20.2 Å². The van der Waals surface area contributed by atoms with Crippen LogP contribution in [0.2, 0.25) is 0 Å². The zero-order chi connectivity index (χ0) is 17.9. The summed E-state index contributed by atoms with van der Waals surface area (Å²) in [6.45, 7) is -0.238. The zero-order valence-corrected chi connectivity index (χ0v) is 13.4. The summed E-state index contributed by atoms with van der Waals surface area (Å²) in [4.78, 5) is 0.0984. The second-order valence-electron chi connectivity index (χ2n) is 4.89. The lowest BCUT2D eigenvalue weighted by atomic mass is 10.3. The number of rotatable bonds is 6. The van der Waals surface area contributed by atoms with Gasteiger partial charge < -0.3 is 9.73 Å². The molecule has 25 heavy (non-hydrogen) atoms. The number of hydrogen-bond acceptors (Lipinski definition) is 6. The number of hydrogen-bond donors (Lipinski definition) is 2. The maximum Gasteiger partial charge on any atom is 0.320 e. The van der Waals surface area contributed by atoms with Crippen molar-refractivity contribution >= 4 is 21.7 Å². The Morgan fingerprint density at radius 2 is 1.80 bits per heavy atom. The van der Waals surface area contributed by atoms with Crippen LogP contribution in [0.15, 0.2) is 57.8 Å². The van der Waals surface area contributed by atoms with Gasteiger partial charge in [-0.25, -0.2) is 21.9 Å². The molecule has 2 aromatic carbocycles. The van der Waals surface area contributed by atoms with Crippen molar-refractivity contribution < 1.29 is 21.6 Å². The normalized spacial score (nSPS) is 11.4. The van der Waals surface area contributed by atoms with Crippen LogP contribution in [-0.4, -0.2) is 18.6 Å². The van der Waals surface area contributed by atoms with Crippen LogP contribution in [0.3, 0.4) is 0 Å². The zero-order valence-electron chi connectivity index (χ0n) is 12.6. The Morgan fingerprint density at radius 3 is 2.52 bits per heavy atom. The fraction of sp³-hybridized carbons (Fsp3) is 0.0667. The van der Waals surface area contributed by atoms with Gasteiger partial charge in [-0.1, -0.05) is 23.3 Å². The van der Waals surface area contributed by atoms with Crippen LogP contribution in [0.25, 0.3) is 0 Å². The van der Waals surface area contributed by atoms with Crippen LogP contribution in [-0.2, 0) is 16.6 Å². The second kappa shape index (κ2) is 6.95. The Bertz CT molecular complexity index is 977. The number of aromatic nitrogens is 2. The smallest absolute Gasteiger partial charge is 0.320 e. The van der Waals surface area contributed by atoms with Crippen LogP contribution in [0.1, 0.15) is 5.89 Å². The highest BCUT2D eigenvalue weighted by Gasteiger charge is 2.15. The Labute approximate surface area is 141 Å². The number of benzene rings is 2. The van der Waals surface area contributed by atoms with Crippen molar-refractivity contribution in [3.8, 4) is 0 Å². The predicted molar refractivity (Wildman–Crippen MR) is 84.4 cm³/mol. The molecule has 0 aliphatic heterocycles. The van der Waals surface area contributed by atoms with Crippen molar-refractivity contribution in [2.45, 2.75) is 11.4 Å². The van der Waals surface area contributed by atoms with Gasteiger partial charge >= 0.3 is 6.01 Å². The molecule has 0 aliphatic carbocycles. The predicted octanol–water partition coefficient (Wildman–Crippen LogP) is 2.57. The third kappa shape index (κ3) is 4.17. The Kier molecular flexibility index (Phi) is 4.72. The average molecular weight is 366 g/mol. The van der Waals surface area contributed by atoms with Gasteiger partial charge in [0.05, 0.1) is 17.1 Å². The van der Waals surface area contributed by atoms with Crippen molar-refractivity contribution in [2.24, 2.45) is 0 Å². The molecular formula is C15H12F2N4O3S. The standard InChI is InChI=1S/C15H12F2N4O3S/c16-10-6-7-13(12(17)8-10)19-15-21-20-14(24-15)9-18-25(22,23)11-4-2-1-3-5-11/h1-8,18H,9H2,(H,19,21). The molecule has 3 rings (SSSR count). The maximum absolute atomic E-state index is 13.6. The molecule has 0 unspecified atom stereocenters. The molecular weight excluding hydrogens is 354 g/mol. The molecule has 10 heteroatoms. The Hall–Kier alpha value is -2.85. The topological polar surface area (TPSA) is 97.1 Å². The quantitative estimate of drug-likeness (QED) is 0.696. The maximum atomic E-state index is 13.6. The molecule has 7 nitrogen and oxygen atoms in total. The van der Waals surface area contributed by atoms with Crippen molar-refractivity contribution in [1.82, 2.24) is 14.9 Å². The van der Waals surface area contributed by atoms with Gasteiger partial charge in [-0.2, -0.15) is 0 Å². The van der Waals surface area contributed by atoms with Gasteiger partial charge in [-0.3, -0.25) is 0 Å². The van der Waals surface area contributed by atoms with Crippen molar-refractivity contribution in [2.75, 3.05) is 5.32 Å². The van der Waals surface area contributed by atoms with Gasteiger partial charge in [-0.15, -0.1) is 5.10 Å². The summed E-state index contributed by atoms with van der Waals surface area (Å²) in [6, 6.07) is 10.6. The number of halogens is 2. The number of anilines is 2. The minimum absolute atomic E-state index is 0.0236. The van der Waals surface area contributed by atoms with E-state index in [0.717, 1.165) is 6.07 Å². The highest BCUT2D eigenvalue weighted by molar-refractivity contribution is 7.89. The molecule has 0 amide bonds. The van der Waals surface area contributed by atoms with Crippen molar-refractivity contribution in [3.05, 3.63) is 66.1 Å². The summed E-state index contributed by atoms with van der Waals surface area (Å²) in [5.41, 5.74) is -0.0542. The largest absolute Gasteiger partial charge is 0.406 e. The monoisotopic (exact) mass is 366 g/mol. The van der Waals surface area contributed by atoms with Gasteiger partial charge in [0.2, 0.25) is 15.9 Å². The molecule has 0 atom stereocenters. The molecule has 2 N–H and O–H groups in total. The summed E-state index contributed by atoms with van der Waals surface area (Å²) in [5, 5.41) is 9.77. The molecule has 0 radical (unpaired) electrons. The van der Waals surface area contributed by atoms with Gasteiger partial charge in [0.25, 0.3) is 0 Å². The van der Waals surface area contributed by atoms with Crippen LogP contribution in [0, 0.1) is 11.6 Å². The van der Waals surface area contributed by atoms with Gasteiger partial charge in [0.1, 0.15) is 11.6 Å². The molecule has 1 aromatic heterocycles. The van der Waals surface area contributed by atoms with Crippen LogP contribution in [0.5, 0.6) is 0 Å². The van der Waals surface area contributed by atoms with Crippen LogP contribution < -0.4 is 10.0 Å². The molecule has 0 fully saturated rings. The number of nitrogens with one attached hydrogen (secondary N) is 2. The van der Waals surface area contributed by atoms with E-state index in [9.17, 15) is 17.2 Å². The minimum atomic E-state index is -3.72. The van der Waals surface area contributed by atoms with E-state index in [1.54, 1.807) is 18.2 Å². The minimum Gasteiger partial charge on any atom is -0.406 e. The SMILES string of the molecule is O=S(=O)(NCc1nnc(Nc2ccc(F)cc2F)o1)c1ccccc1. The van der Waals surface area contributed by atoms with E-state index in [-0.39, 0.29) is 29.0 Å². The van der Waals surface area contributed by atoms with E-state index in [1.165, 1.54) is 18.2 Å². The lowest BCUT2D eigenvalue weighted by Crippen LogP contribution is -2.23. The Morgan fingerprint density at radius 1 is 1.04 bits per heavy atom. The van der Waals surface area contributed by atoms with E-state index < -0.39 is 21.7 Å². The van der Waals surface area contributed by atoms with Gasteiger partial charge in [0.15, 0.2) is 0 Å². The molecule has 3 aromatic rings.